The van der Waals surface area contributed by atoms with Gasteiger partial charge in [-0.2, -0.15) is 0 Å². The topological polar surface area (TPSA) is 109 Å². The molecule has 0 spiro atoms. The predicted octanol–water partition coefficient (Wildman–Crippen LogP) is 2.44. The van der Waals surface area contributed by atoms with Crippen LogP contribution in [-0.4, -0.2) is 63.1 Å². The van der Waals surface area contributed by atoms with Crippen molar-refractivity contribution in [3.8, 4) is 0 Å². The Balaban J connectivity index is 1.61. The maximum atomic E-state index is 12.5. The Bertz CT molecular complexity index is 1070. The van der Waals surface area contributed by atoms with Crippen molar-refractivity contribution in [2.45, 2.75) is 18.7 Å². The van der Waals surface area contributed by atoms with Crippen LogP contribution in [0.4, 0.5) is 10.6 Å². The largest absolute Gasteiger partial charge is 0.462 e. The Labute approximate surface area is 186 Å². The number of sulfonamides is 1. The van der Waals surface area contributed by atoms with Crippen molar-refractivity contribution in [3.05, 3.63) is 52.7 Å². The molecule has 1 aromatic carbocycles. The molecule has 0 saturated carbocycles. The lowest BCUT2D eigenvalue weighted by molar-refractivity contribution is 0.0526. The third kappa shape index (κ3) is 5.45. The molecule has 0 bridgehead atoms. The number of halogens is 1. The molecule has 0 radical (unpaired) electrons. The first-order valence-electron chi connectivity index (χ1n) is 9.67. The third-order valence-corrected chi connectivity index (χ3v) is 6.37. The van der Waals surface area contributed by atoms with Gasteiger partial charge in [-0.1, -0.05) is 29.3 Å². The first kappa shape index (κ1) is 22.8. The zero-order chi connectivity index (χ0) is 22.6. The zero-order valence-corrected chi connectivity index (χ0v) is 18.7. The molecule has 1 fully saturated rings. The van der Waals surface area contributed by atoms with Crippen molar-refractivity contribution in [2.75, 3.05) is 37.7 Å². The summed E-state index contributed by atoms with van der Waals surface area (Å²) in [5.74, 6) is -0.0122. The lowest BCUT2D eigenvalue weighted by Gasteiger charge is -2.35. The zero-order valence-electron chi connectivity index (χ0n) is 17.2. The number of hydrogen-bond donors (Lipinski definition) is 1. The third-order valence-electron chi connectivity index (χ3n) is 4.75. The lowest BCUT2D eigenvalue weighted by Crippen LogP contribution is -2.53. The van der Waals surface area contributed by atoms with Gasteiger partial charge >= 0.3 is 12.0 Å². The van der Waals surface area contributed by atoms with Crippen LogP contribution in [0.3, 0.4) is 0 Å². The number of piperazine rings is 1. The van der Waals surface area contributed by atoms with E-state index in [1.807, 2.05) is 11.8 Å². The van der Waals surface area contributed by atoms with Crippen LogP contribution in [0.1, 0.15) is 22.8 Å². The first-order valence-corrected chi connectivity index (χ1v) is 11.5. The molecule has 31 heavy (non-hydrogen) atoms. The van der Waals surface area contributed by atoms with Crippen molar-refractivity contribution in [1.29, 1.82) is 0 Å². The number of anilines is 1. The van der Waals surface area contributed by atoms with Crippen molar-refractivity contribution in [1.82, 2.24) is 14.6 Å². The number of benzene rings is 1. The van der Waals surface area contributed by atoms with Crippen LogP contribution in [0, 0.1) is 6.92 Å². The number of ether oxygens (including phenoxy) is 1. The molecule has 9 nitrogen and oxygen atoms in total. The molecule has 0 atom stereocenters. The van der Waals surface area contributed by atoms with E-state index in [2.05, 4.69) is 9.71 Å². The van der Waals surface area contributed by atoms with Crippen LogP contribution in [0.2, 0.25) is 5.02 Å². The van der Waals surface area contributed by atoms with Crippen LogP contribution < -0.4 is 9.62 Å². The van der Waals surface area contributed by atoms with Gasteiger partial charge in [0.25, 0.3) is 10.0 Å². The molecular formula is C20H23ClN4O5S. The van der Waals surface area contributed by atoms with E-state index in [-0.39, 0.29) is 30.2 Å². The second-order valence-corrected chi connectivity index (χ2v) is 9.04. The number of pyridine rings is 1. The summed E-state index contributed by atoms with van der Waals surface area (Å²) >= 11 is 6.29. The summed E-state index contributed by atoms with van der Waals surface area (Å²) in [5, 5.41) is 0.297. The van der Waals surface area contributed by atoms with Crippen molar-refractivity contribution in [2.24, 2.45) is 0 Å². The molecule has 0 aliphatic carbocycles. The van der Waals surface area contributed by atoms with Crippen molar-refractivity contribution >= 4 is 39.4 Å². The quantitative estimate of drug-likeness (QED) is 0.674. The number of rotatable bonds is 5. The Morgan fingerprint density at radius 3 is 2.39 bits per heavy atom. The highest BCUT2D eigenvalue weighted by Gasteiger charge is 2.27. The van der Waals surface area contributed by atoms with Gasteiger partial charge in [0.2, 0.25) is 0 Å². The number of aromatic nitrogens is 1. The summed E-state index contributed by atoms with van der Waals surface area (Å²) in [7, 11) is -3.95. The van der Waals surface area contributed by atoms with Crippen LogP contribution in [-0.2, 0) is 14.8 Å². The number of nitrogens with zero attached hydrogens (tertiary/aromatic N) is 3. The number of nitrogens with one attached hydrogen (secondary N) is 1. The standard InChI is InChI=1S/C20H23ClN4O5S/c1-3-30-19(26)15-12-17(21)18(22-13-15)24-8-10-25(11-9-24)20(27)23-31(28,29)16-6-4-14(2)5-7-16/h4-7,12-13H,3,8-11H2,1-2H3,(H,23,27). The fourth-order valence-corrected chi connectivity index (χ4v) is 4.32. The van der Waals surface area contributed by atoms with Gasteiger partial charge in [0, 0.05) is 32.4 Å². The van der Waals surface area contributed by atoms with Gasteiger partial charge in [-0.15, -0.1) is 0 Å². The molecular weight excluding hydrogens is 444 g/mol. The van der Waals surface area contributed by atoms with Gasteiger partial charge in [0.15, 0.2) is 0 Å². The second-order valence-electron chi connectivity index (χ2n) is 6.95. The number of carbonyl (C=O) groups excluding carboxylic acids is 2. The predicted molar refractivity (Wildman–Crippen MR) is 116 cm³/mol. The maximum absolute atomic E-state index is 12.5. The number of carbonyl (C=O) groups is 2. The normalized spacial score (nSPS) is 14.3. The van der Waals surface area contributed by atoms with E-state index in [0.29, 0.717) is 23.9 Å². The fourth-order valence-electron chi connectivity index (χ4n) is 3.07. The number of hydrogen-bond acceptors (Lipinski definition) is 7. The smallest absolute Gasteiger partial charge is 0.339 e. The first-order chi connectivity index (χ1) is 14.7. The highest BCUT2D eigenvalue weighted by molar-refractivity contribution is 7.90. The SMILES string of the molecule is CCOC(=O)c1cnc(N2CCN(C(=O)NS(=O)(=O)c3ccc(C)cc3)CC2)c(Cl)c1. The molecule has 2 amide bonds. The molecule has 1 aliphatic rings. The minimum Gasteiger partial charge on any atom is -0.462 e. The number of aryl methyl sites for hydroxylation is 1. The number of urea groups is 1. The maximum Gasteiger partial charge on any atom is 0.339 e. The van der Waals surface area contributed by atoms with Gasteiger partial charge in [0.05, 0.1) is 22.1 Å². The van der Waals surface area contributed by atoms with Crippen molar-refractivity contribution in [3.63, 3.8) is 0 Å². The second kappa shape index (κ2) is 9.52. The minimum absolute atomic E-state index is 0.0303. The summed E-state index contributed by atoms with van der Waals surface area (Å²) in [6, 6.07) is 7.06. The lowest BCUT2D eigenvalue weighted by atomic mass is 10.2. The van der Waals surface area contributed by atoms with Gasteiger partial charge in [-0.3, -0.25) is 0 Å². The van der Waals surface area contributed by atoms with Crippen LogP contribution >= 0.6 is 11.6 Å². The summed E-state index contributed by atoms with van der Waals surface area (Å²) in [6.07, 6.45) is 1.40. The Morgan fingerprint density at radius 2 is 1.81 bits per heavy atom. The Hall–Kier alpha value is -2.85. The fraction of sp³-hybridized carbons (Fsp3) is 0.350. The van der Waals surface area contributed by atoms with Crippen LogP contribution in [0.15, 0.2) is 41.4 Å². The summed E-state index contributed by atoms with van der Waals surface area (Å²) < 4.78 is 31.9. The van der Waals surface area contributed by atoms with E-state index in [1.54, 1.807) is 19.1 Å². The molecule has 1 aromatic heterocycles. The minimum atomic E-state index is -3.95. The molecule has 2 heterocycles. The van der Waals surface area contributed by atoms with E-state index in [9.17, 15) is 18.0 Å². The Morgan fingerprint density at radius 1 is 1.16 bits per heavy atom. The monoisotopic (exact) mass is 466 g/mol. The van der Waals surface area contributed by atoms with E-state index in [1.165, 1.54) is 29.3 Å². The summed E-state index contributed by atoms with van der Waals surface area (Å²) in [5.41, 5.74) is 1.18. The molecule has 0 unspecified atom stereocenters. The average molecular weight is 467 g/mol. The van der Waals surface area contributed by atoms with Gasteiger partial charge in [0.1, 0.15) is 5.82 Å². The molecule has 166 valence electrons. The number of esters is 1. The average Bonchev–Trinajstić information content (AvgIpc) is 2.74. The van der Waals surface area contributed by atoms with Gasteiger partial charge in [-0.05, 0) is 32.0 Å². The molecule has 1 saturated heterocycles. The van der Waals surface area contributed by atoms with Crippen LogP contribution in [0.5, 0.6) is 0 Å². The van der Waals surface area contributed by atoms with Crippen LogP contribution in [0.25, 0.3) is 0 Å². The number of amides is 2. The highest BCUT2D eigenvalue weighted by atomic mass is 35.5. The molecule has 3 rings (SSSR count). The molecule has 1 N–H and O–H groups in total. The molecule has 11 heteroatoms. The van der Waals surface area contributed by atoms with Gasteiger partial charge < -0.3 is 14.5 Å². The Kier molecular flexibility index (Phi) is 7.01. The van der Waals surface area contributed by atoms with Crippen molar-refractivity contribution < 1.29 is 22.7 Å². The summed E-state index contributed by atoms with van der Waals surface area (Å²) in [6.45, 7) is 5.19. The van der Waals surface area contributed by atoms with Gasteiger partial charge in [-0.25, -0.2) is 27.7 Å². The molecule has 1 aliphatic heterocycles. The highest BCUT2D eigenvalue weighted by Crippen LogP contribution is 2.25. The summed E-state index contributed by atoms with van der Waals surface area (Å²) in [4.78, 5) is 31.9. The van der Waals surface area contributed by atoms with E-state index < -0.39 is 22.0 Å². The molecule has 2 aromatic rings. The van der Waals surface area contributed by atoms with E-state index in [0.717, 1.165) is 5.56 Å². The van der Waals surface area contributed by atoms with E-state index in [4.69, 9.17) is 16.3 Å². The van der Waals surface area contributed by atoms with E-state index >= 15 is 0 Å².